The third-order valence-electron chi connectivity index (χ3n) is 6.96. The fourth-order valence-corrected chi connectivity index (χ4v) is 5.12. The van der Waals surface area contributed by atoms with Crippen molar-refractivity contribution >= 4 is 6.16 Å². The molecule has 1 saturated carbocycles. The molecule has 1 N–H and O–H groups in total. The van der Waals surface area contributed by atoms with E-state index in [1.807, 2.05) is 6.92 Å². The third kappa shape index (κ3) is 9.49. The number of rotatable bonds is 8. The number of allylic oxidation sites excluding steroid dienone is 2. The molecule has 2 atom stereocenters. The Kier molecular flexibility index (Phi) is 11.8. The maximum atomic E-state index is 9.89. The van der Waals surface area contributed by atoms with Crippen molar-refractivity contribution in [1.82, 2.24) is 0 Å². The Morgan fingerprint density at radius 1 is 0.968 bits per heavy atom. The second kappa shape index (κ2) is 14.3. The molecule has 0 saturated heterocycles. The molecule has 1 aromatic rings. The van der Waals surface area contributed by atoms with Gasteiger partial charge in [-0.25, -0.2) is 4.79 Å². The normalized spacial score (nSPS) is 24.0. The molecule has 3 rings (SSSR count). The molecule has 0 spiro atoms. The molecule has 31 heavy (non-hydrogen) atoms. The highest BCUT2D eigenvalue weighted by atomic mass is 16.7. The fourth-order valence-electron chi connectivity index (χ4n) is 5.12. The predicted molar refractivity (Wildman–Crippen MR) is 130 cm³/mol. The summed E-state index contributed by atoms with van der Waals surface area (Å²) in [4.78, 5) is 9.89. The lowest BCUT2D eigenvalue weighted by Gasteiger charge is -2.29. The van der Waals surface area contributed by atoms with Crippen LogP contribution in [0.15, 0.2) is 36.4 Å². The SMILES string of the molecule is CCCC(C)COC(=O)O.CCC[C@H]1CC[C@H](c2ccc(C3CC=CCC3)cc2)CC1. The average Bonchev–Trinajstić information content (AvgIpc) is 2.80. The Morgan fingerprint density at radius 3 is 2.13 bits per heavy atom. The van der Waals surface area contributed by atoms with Gasteiger partial charge in [-0.15, -0.1) is 0 Å². The van der Waals surface area contributed by atoms with Gasteiger partial charge in [0, 0.05) is 0 Å². The van der Waals surface area contributed by atoms with Crippen molar-refractivity contribution in [2.45, 2.75) is 103 Å². The molecule has 3 nitrogen and oxygen atoms in total. The number of carbonyl (C=O) groups is 1. The standard InChI is InChI=1S/C21H30.C7H14O3/c1-2-6-17-9-11-19(12-10-17)21-15-13-20(14-16-21)18-7-4-3-5-8-18;1-3-4-6(2)5-10-7(8)9/h3-4,13-19H,2,5-12H2,1H3;6H,3-5H2,1-2H3,(H,8,9)/t17-,18?,19-;. The van der Waals surface area contributed by atoms with Gasteiger partial charge < -0.3 is 9.84 Å². The Bertz CT molecular complexity index is 641. The molecule has 2 aliphatic carbocycles. The van der Waals surface area contributed by atoms with Crippen LogP contribution in [0, 0.1) is 11.8 Å². The molecule has 0 amide bonds. The van der Waals surface area contributed by atoms with Gasteiger partial charge in [0.05, 0.1) is 6.61 Å². The van der Waals surface area contributed by atoms with Crippen LogP contribution in [0.25, 0.3) is 0 Å². The van der Waals surface area contributed by atoms with Crippen LogP contribution >= 0.6 is 0 Å². The van der Waals surface area contributed by atoms with Gasteiger partial charge in [-0.2, -0.15) is 0 Å². The third-order valence-corrected chi connectivity index (χ3v) is 6.96. The largest absolute Gasteiger partial charge is 0.505 e. The molecule has 3 heteroatoms. The van der Waals surface area contributed by atoms with E-state index in [0.29, 0.717) is 12.5 Å². The molecule has 174 valence electrons. The van der Waals surface area contributed by atoms with Gasteiger partial charge in [-0.1, -0.05) is 76.5 Å². The van der Waals surface area contributed by atoms with Gasteiger partial charge in [-0.05, 0) is 86.2 Å². The number of ether oxygens (including phenoxy) is 1. The number of benzene rings is 1. The lowest BCUT2D eigenvalue weighted by molar-refractivity contribution is 0.0779. The molecule has 0 aromatic heterocycles. The van der Waals surface area contributed by atoms with Crippen LogP contribution in [-0.2, 0) is 4.74 Å². The van der Waals surface area contributed by atoms with Crippen molar-refractivity contribution in [3.8, 4) is 0 Å². The quantitative estimate of drug-likeness (QED) is 0.332. The van der Waals surface area contributed by atoms with Gasteiger partial charge in [0.2, 0.25) is 0 Å². The first-order valence-electron chi connectivity index (χ1n) is 12.6. The summed E-state index contributed by atoms with van der Waals surface area (Å²) >= 11 is 0. The van der Waals surface area contributed by atoms with E-state index in [0.717, 1.165) is 30.6 Å². The highest BCUT2D eigenvalue weighted by molar-refractivity contribution is 5.56. The molecule has 2 unspecified atom stereocenters. The molecule has 0 radical (unpaired) electrons. The first kappa shape index (κ1) is 25.5. The van der Waals surface area contributed by atoms with Gasteiger partial charge in [0.15, 0.2) is 0 Å². The van der Waals surface area contributed by atoms with E-state index in [-0.39, 0.29) is 0 Å². The lowest BCUT2D eigenvalue weighted by atomic mass is 9.77. The summed E-state index contributed by atoms with van der Waals surface area (Å²) < 4.78 is 4.37. The van der Waals surface area contributed by atoms with Crippen molar-refractivity contribution in [3.05, 3.63) is 47.5 Å². The minimum atomic E-state index is -1.18. The Labute approximate surface area is 190 Å². The fraction of sp³-hybridized carbons (Fsp3) is 0.679. The smallest absolute Gasteiger partial charge is 0.450 e. The Balaban J connectivity index is 0.000000291. The van der Waals surface area contributed by atoms with Crippen LogP contribution in [0.2, 0.25) is 0 Å². The zero-order valence-electron chi connectivity index (χ0n) is 20.0. The Hall–Kier alpha value is -1.77. The average molecular weight is 429 g/mol. The van der Waals surface area contributed by atoms with Crippen LogP contribution in [-0.4, -0.2) is 17.9 Å². The van der Waals surface area contributed by atoms with Crippen LogP contribution in [0.3, 0.4) is 0 Å². The van der Waals surface area contributed by atoms with E-state index in [1.165, 1.54) is 57.8 Å². The van der Waals surface area contributed by atoms with Crippen LogP contribution in [0.4, 0.5) is 4.79 Å². The van der Waals surface area contributed by atoms with E-state index in [2.05, 4.69) is 55.0 Å². The summed E-state index contributed by atoms with van der Waals surface area (Å²) in [7, 11) is 0. The maximum absolute atomic E-state index is 9.89. The van der Waals surface area contributed by atoms with Gasteiger partial charge >= 0.3 is 6.16 Å². The second-order valence-corrected chi connectivity index (χ2v) is 9.63. The van der Waals surface area contributed by atoms with Crippen molar-refractivity contribution in [1.29, 1.82) is 0 Å². The summed E-state index contributed by atoms with van der Waals surface area (Å²) in [5.74, 6) is 2.96. The molecular weight excluding hydrogens is 384 g/mol. The van der Waals surface area contributed by atoms with Crippen molar-refractivity contribution < 1.29 is 14.6 Å². The van der Waals surface area contributed by atoms with Crippen molar-refractivity contribution in [3.63, 3.8) is 0 Å². The minimum absolute atomic E-state index is 0.323. The van der Waals surface area contributed by atoms with E-state index in [9.17, 15) is 4.79 Å². The summed E-state index contributed by atoms with van der Waals surface area (Å²) in [5, 5.41) is 8.11. The first-order chi connectivity index (χ1) is 15.0. The number of hydrogen-bond donors (Lipinski definition) is 1. The van der Waals surface area contributed by atoms with Crippen molar-refractivity contribution in [2.24, 2.45) is 11.8 Å². The van der Waals surface area contributed by atoms with E-state index in [4.69, 9.17) is 5.11 Å². The van der Waals surface area contributed by atoms with Gasteiger partial charge in [-0.3, -0.25) is 0 Å². The second-order valence-electron chi connectivity index (χ2n) is 9.63. The summed E-state index contributed by atoms with van der Waals surface area (Å²) in [6, 6.07) is 9.69. The number of carboxylic acid groups (broad SMARTS) is 1. The Morgan fingerprint density at radius 2 is 1.61 bits per heavy atom. The van der Waals surface area contributed by atoms with E-state index < -0.39 is 6.16 Å². The molecule has 0 heterocycles. The summed E-state index contributed by atoms with van der Waals surface area (Å²) in [6.07, 6.45) is 18.0. The van der Waals surface area contributed by atoms with Gasteiger partial charge in [0.1, 0.15) is 0 Å². The maximum Gasteiger partial charge on any atom is 0.505 e. The molecule has 0 aliphatic heterocycles. The van der Waals surface area contributed by atoms with Crippen LogP contribution < -0.4 is 0 Å². The van der Waals surface area contributed by atoms with Crippen LogP contribution in [0.5, 0.6) is 0 Å². The summed E-state index contributed by atoms with van der Waals surface area (Å²) in [5.41, 5.74) is 3.16. The topological polar surface area (TPSA) is 46.5 Å². The number of hydrogen-bond acceptors (Lipinski definition) is 2. The predicted octanol–water partition coefficient (Wildman–Crippen LogP) is 8.70. The molecular formula is C28H44O3. The van der Waals surface area contributed by atoms with E-state index in [1.54, 1.807) is 11.1 Å². The molecule has 1 aromatic carbocycles. The lowest BCUT2D eigenvalue weighted by Crippen LogP contribution is -2.13. The molecule has 0 bridgehead atoms. The summed E-state index contributed by atoms with van der Waals surface area (Å²) in [6.45, 7) is 6.69. The monoisotopic (exact) mass is 428 g/mol. The van der Waals surface area contributed by atoms with Crippen molar-refractivity contribution in [2.75, 3.05) is 6.61 Å². The molecule has 1 fully saturated rings. The minimum Gasteiger partial charge on any atom is -0.450 e. The molecule has 2 aliphatic rings. The zero-order chi connectivity index (χ0) is 22.5. The highest BCUT2D eigenvalue weighted by Gasteiger charge is 2.22. The van der Waals surface area contributed by atoms with E-state index >= 15 is 0 Å². The van der Waals surface area contributed by atoms with Gasteiger partial charge in [0.25, 0.3) is 0 Å². The highest BCUT2D eigenvalue weighted by Crippen LogP contribution is 2.38. The first-order valence-corrected chi connectivity index (χ1v) is 12.6. The zero-order valence-corrected chi connectivity index (χ0v) is 20.0. The van der Waals surface area contributed by atoms with Crippen LogP contribution in [0.1, 0.15) is 114 Å².